The van der Waals surface area contributed by atoms with Gasteiger partial charge in [0.15, 0.2) is 0 Å². The third-order valence-electron chi connectivity index (χ3n) is 4.75. The molecule has 0 aromatic heterocycles. The van der Waals surface area contributed by atoms with Crippen LogP contribution in [0.1, 0.15) is 22.3 Å². The standard InChI is InChI=1S/C21H21NO/c1-22-12-13-23-15-18(22)14-21-19-8-4-2-6-16(19)10-11-17-7-3-5-9-20(17)21/h2-11,14,18H,12-13,15H2,1H3. The number of hydrogen-bond donors (Lipinski definition) is 0. The van der Waals surface area contributed by atoms with E-state index in [0.717, 1.165) is 19.8 Å². The number of rotatable bonds is 1. The highest BCUT2D eigenvalue weighted by Crippen LogP contribution is 2.34. The topological polar surface area (TPSA) is 12.5 Å². The minimum absolute atomic E-state index is 0.318. The summed E-state index contributed by atoms with van der Waals surface area (Å²) in [6, 6.07) is 17.6. The molecule has 2 nitrogen and oxygen atoms in total. The molecule has 116 valence electrons. The summed E-state index contributed by atoms with van der Waals surface area (Å²) < 4.78 is 5.70. The van der Waals surface area contributed by atoms with Gasteiger partial charge in [-0.3, -0.25) is 4.90 Å². The molecule has 0 radical (unpaired) electrons. The molecule has 1 saturated heterocycles. The molecule has 1 aliphatic heterocycles. The third kappa shape index (κ3) is 2.76. The quantitative estimate of drug-likeness (QED) is 0.675. The molecular weight excluding hydrogens is 282 g/mol. The molecule has 2 aliphatic rings. The van der Waals surface area contributed by atoms with Crippen LogP contribution in [0, 0.1) is 0 Å². The Morgan fingerprint density at radius 3 is 2.17 bits per heavy atom. The summed E-state index contributed by atoms with van der Waals surface area (Å²) in [6.07, 6.45) is 6.82. The summed E-state index contributed by atoms with van der Waals surface area (Å²) in [6.45, 7) is 2.57. The van der Waals surface area contributed by atoms with Crippen molar-refractivity contribution in [3.8, 4) is 0 Å². The van der Waals surface area contributed by atoms with Crippen LogP contribution in [0.3, 0.4) is 0 Å². The lowest BCUT2D eigenvalue weighted by Gasteiger charge is -2.31. The number of ether oxygens (including phenoxy) is 1. The minimum atomic E-state index is 0.318. The van der Waals surface area contributed by atoms with Gasteiger partial charge in [0.2, 0.25) is 0 Å². The zero-order valence-corrected chi connectivity index (χ0v) is 13.4. The number of hydrogen-bond acceptors (Lipinski definition) is 2. The van der Waals surface area contributed by atoms with E-state index in [9.17, 15) is 0 Å². The molecule has 0 N–H and O–H groups in total. The number of fused-ring (bicyclic) bond motifs is 2. The molecule has 1 atom stereocenters. The Bertz CT molecular complexity index is 723. The van der Waals surface area contributed by atoms with Crippen LogP contribution < -0.4 is 0 Å². The number of likely N-dealkylation sites (N-methyl/N-ethyl adjacent to an activating group) is 1. The van der Waals surface area contributed by atoms with Crippen LogP contribution >= 0.6 is 0 Å². The first kappa shape index (κ1) is 14.4. The maximum absolute atomic E-state index is 5.70. The first-order valence-electron chi connectivity index (χ1n) is 8.19. The summed E-state index contributed by atoms with van der Waals surface area (Å²) in [7, 11) is 2.18. The van der Waals surface area contributed by atoms with Gasteiger partial charge in [0.25, 0.3) is 0 Å². The largest absolute Gasteiger partial charge is 0.378 e. The molecule has 1 fully saturated rings. The molecule has 0 spiro atoms. The van der Waals surface area contributed by atoms with Crippen molar-refractivity contribution in [1.82, 2.24) is 4.90 Å². The zero-order valence-electron chi connectivity index (χ0n) is 13.4. The van der Waals surface area contributed by atoms with Crippen molar-refractivity contribution < 1.29 is 4.74 Å². The van der Waals surface area contributed by atoms with E-state index in [4.69, 9.17) is 4.74 Å². The SMILES string of the molecule is CN1CCOCC1C=C1c2ccccc2C=Cc2ccccc21. The van der Waals surface area contributed by atoms with E-state index in [2.05, 4.69) is 78.7 Å². The molecule has 1 aliphatic carbocycles. The highest BCUT2D eigenvalue weighted by atomic mass is 16.5. The second-order valence-corrected chi connectivity index (χ2v) is 6.21. The molecular formula is C21H21NO. The molecule has 23 heavy (non-hydrogen) atoms. The average molecular weight is 303 g/mol. The lowest BCUT2D eigenvalue weighted by atomic mass is 9.92. The summed E-state index contributed by atoms with van der Waals surface area (Å²) in [4.78, 5) is 2.38. The van der Waals surface area contributed by atoms with E-state index in [1.54, 1.807) is 0 Å². The van der Waals surface area contributed by atoms with Gasteiger partial charge in [-0.05, 0) is 34.9 Å². The molecule has 0 saturated carbocycles. The van der Waals surface area contributed by atoms with Crippen molar-refractivity contribution in [2.75, 3.05) is 26.8 Å². The molecule has 4 rings (SSSR count). The lowest BCUT2D eigenvalue weighted by molar-refractivity contribution is 0.0236. The Morgan fingerprint density at radius 2 is 1.57 bits per heavy atom. The van der Waals surface area contributed by atoms with Crippen LogP contribution in [0.5, 0.6) is 0 Å². The Hall–Kier alpha value is -2.16. The van der Waals surface area contributed by atoms with Crippen molar-refractivity contribution in [2.24, 2.45) is 0 Å². The van der Waals surface area contributed by atoms with Crippen molar-refractivity contribution in [3.05, 3.63) is 76.9 Å². The lowest BCUT2D eigenvalue weighted by Crippen LogP contribution is -2.41. The zero-order chi connectivity index (χ0) is 15.6. The van der Waals surface area contributed by atoms with Gasteiger partial charge in [-0.25, -0.2) is 0 Å². The number of benzene rings is 2. The Balaban J connectivity index is 1.88. The number of nitrogens with zero attached hydrogens (tertiary/aromatic N) is 1. The van der Waals surface area contributed by atoms with Gasteiger partial charge in [-0.15, -0.1) is 0 Å². The van der Waals surface area contributed by atoms with Crippen molar-refractivity contribution in [3.63, 3.8) is 0 Å². The van der Waals surface area contributed by atoms with Crippen LogP contribution in [-0.4, -0.2) is 37.7 Å². The highest BCUT2D eigenvalue weighted by molar-refractivity contribution is 5.93. The van der Waals surface area contributed by atoms with Gasteiger partial charge in [0, 0.05) is 6.54 Å². The van der Waals surface area contributed by atoms with Crippen molar-refractivity contribution in [1.29, 1.82) is 0 Å². The summed E-state index contributed by atoms with van der Waals surface area (Å²) in [5.41, 5.74) is 6.45. The van der Waals surface area contributed by atoms with Gasteiger partial charge < -0.3 is 4.74 Å². The Labute approximate surface area is 137 Å². The number of morpholine rings is 1. The molecule has 2 heteroatoms. The molecule has 2 aromatic carbocycles. The predicted octanol–water partition coefficient (Wildman–Crippen LogP) is 3.93. The highest BCUT2D eigenvalue weighted by Gasteiger charge is 2.21. The fourth-order valence-corrected chi connectivity index (χ4v) is 3.35. The van der Waals surface area contributed by atoms with E-state index >= 15 is 0 Å². The van der Waals surface area contributed by atoms with Crippen molar-refractivity contribution >= 4 is 17.7 Å². The smallest absolute Gasteiger partial charge is 0.0658 e. The molecule has 2 aromatic rings. The van der Waals surface area contributed by atoms with E-state index in [-0.39, 0.29) is 0 Å². The van der Waals surface area contributed by atoms with Crippen LogP contribution in [-0.2, 0) is 4.74 Å². The fourth-order valence-electron chi connectivity index (χ4n) is 3.35. The van der Waals surface area contributed by atoms with Gasteiger partial charge >= 0.3 is 0 Å². The second kappa shape index (κ2) is 6.15. The van der Waals surface area contributed by atoms with E-state index in [1.165, 1.54) is 27.8 Å². The maximum Gasteiger partial charge on any atom is 0.0658 e. The van der Waals surface area contributed by atoms with Crippen LogP contribution in [0.25, 0.3) is 17.7 Å². The average Bonchev–Trinajstić information content (AvgIpc) is 2.75. The first-order chi connectivity index (χ1) is 11.3. The molecule has 0 bridgehead atoms. The fraction of sp³-hybridized carbons (Fsp3) is 0.238. The van der Waals surface area contributed by atoms with Crippen LogP contribution in [0.15, 0.2) is 54.6 Å². The normalized spacial score (nSPS) is 20.6. The van der Waals surface area contributed by atoms with Gasteiger partial charge in [-0.1, -0.05) is 66.8 Å². The second-order valence-electron chi connectivity index (χ2n) is 6.21. The maximum atomic E-state index is 5.70. The predicted molar refractivity (Wildman–Crippen MR) is 96.1 cm³/mol. The van der Waals surface area contributed by atoms with Crippen LogP contribution in [0.2, 0.25) is 0 Å². The molecule has 1 unspecified atom stereocenters. The van der Waals surface area contributed by atoms with Gasteiger partial charge in [0.1, 0.15) is 0 Å². The molecule has 1 heterocycles. The first-order valence-corrected chi connectivity index (χ1v) is 8.19. The van der Waals surface area contributed by atoms with Crippen LogP contribution in [0.4, 0.5) is 0 Å². The van der Waals surface area contributed by atoms with Gasteiger partial charge in [-0.2, -0.15) is 0 Å². The summed E-state index contributed by atoms with van der Waals surface area (Å²) >= 11 is 0. The minimum Gasteiger partial charge on any atom is -0.378 e. The molecule has 0 amide bonds. The Morgan fingerprint density at radius 1 is 0.957 bits per heavy atom. The van der Waals surface area contributed by atoms with E-state index in [0.29, 0.717) is 6.04 Å². The Kier molecular flexibility index (Phi) is 3.86. The summed E-state index contributed by atoms with van der Waals surface area (Å²) in [5, 5.41) is 0. The van der Waals surface area contributed by atoms with Crippen molar-refractivity contribution in [2.45, 2.75) is 6.04 Å². The third-order valence-corrected chi connectivity index (χ3v) is 4.75. The van der Waals surface area contributed by atoms with E-state index in [1.807, 2.05) is 0 Å². The van der Waals surface area contributed by atoms with E-state index < -0.39 is 0 Å². The monoisotopic (exact) mass is 303 g/mol. The summed E-state index contributed by atoms with van der Waals surface area (Å²) in [5.74, 6) is 0. The van der Waals surface area contributed by atoms with Gasteiger partial charge in [0.05, 0.1) is 19.3 Å².